The monoisotopic (exact) mass is 316 g/mol. The van der Waals surface area contributed by atoms with Crippen molar-refractivity contribution < 1.29 is 9.53 Å². The third-order valence-electron chi connectivity index (χ3n) is 3.10. The Hall–Kier alpha value is -1.92. The van der Waals surface area contributed by atoms with Crippen molar-refractivity contribution in [3.63, 3.8) is 0 Å². The van der Waals surface area contributed by atoms with Crippen molar-refractivity contribution in [1.82, 2.24) is 4.98 Å². The number of thioether (sulfide) groups is 1. The fourth-order valence-electron chi connectivity index (χ4n) is 2.04. The third-order valence-corrected chi connectivity index (χ3v) is 4.93. The Kier molecular flexibility index (Phi) is 3.90. The largest absolute Gasteiger partial charge is 0.497 e. The van der Waals surface area contributed by atoms with Crippen LogP contribution < -0.4 is 4.74 Å². The molecule has 1 atom stereocenters. The lowest BCUT2D eigenvalue weighted by molar-refractivity contribution is -0.114. The fourth-order valence-corrected chi connectivity index (χ4v) is 3.85. The number of carbonyl (C=O) groups is 1. The van der Waals surface area contributed by atoms with Crippen molar-refractivity contribution in [1.29, 1.82) is 5.41 Å². The van der Waals surface area contributed by atoms with E-state index in [2.05, 4.69) is 4.98 Å². The number of methoxy groups -OCH3 is 1. The standard InChI is InChI=1S/C15H12N2O2S2/c1-19-10-4-2-9(3-5-10)8-11-13(18)12(14(16)21-11)15-17-6-7-20-15/h2-8,12,16H,1H3/b11-8-,16-14?/t12-/m1/s1. The van der Waals surface area contributed by atoms with Crippen LogP contribution >= 0.6 is 23.1 Å². The van der Waals surface area contributed by atoms with Crippen molar-refractivity contribution in [2.24, 2.45) is 0 Å². The molecule has 0 saturated carbocycles. The van der Waals surface area contributed by atoms with Gasteiger partial charge in [0.1, 0.15) is 16.7 Å². The summed E-state index contributed by atoms with van der Waals surface area (Å²) in [4.78, 5) is 17.2. The number of Topliss-reactive ketones (excluding diaryl/α,β-unsaturated/α-hetero) is 1. The quantitative estimate of drug-likeness (QED) is 0.879. The minimum absolute atomic E-state index is 0.0456. The number of ketones is 1. The van der Waals surface area contributed by atoms with Crippen LogP contribution in [0.2, 0.25) is 0 Å². The van der Waals surface area contributed by atoms with Crippen molar-refractivity contribution >= 4 is 40.0 Å². The summed E-state index contributed by atoms with van der Waals surface area (Å²) in [6.45, 7) is 0. The Labute approximate surface area is 130 Å². The molecule has 4 nitrogen and oxygen atoms in total. The molecule has 3 rings (SSSR count). The number of allylic oxidation sites excluding steroid dienone is 1. The molecule has 0 unspecified atom stereocenters. The van der Waals surface area contributed by atoms with Crippen LogP contribution in [0, 0.1) is 5.41 Å². The number of hydrogen-bond donors (Lipinski definition) is 1. The molecule has 1 fully saturated rings. The molecule has 0 amide bonds. The van der Waals surface area contributed by atoms with Gasteiger partial charge in [0, 0.05) is 11.6 Å². The highest BCUT2D eigenvalue weighted by atomic mass is 32.2. The number of carbonyl (C=O) groups excluding carboxylic acids is 1. The van der Waals surface area contributed by atoms with Gasteiger partial charge in [-0.3, -0.25) is 10.2 Å². The Balaban J connectivity index is 1.88. The van der Waals surface area contributed by atoms with E-state index in [1.165, 1.54) is 23.1 Å². The second-order valence-corrected chi connectivity index (χ2v) is 6.43. The van der Waals surface area contributed by atoms with Crippen LogP contribution in [0.5, 0.6) is 5.75 Å². The van der Waals surface area contributed by atoms with Crippen molar-refractivity contribution in [2.45, 2.75) is 5.92 Å². The number of nitrogens with zero attached hydrogens (tertiary/aromatic N) is 1. The zero-order valence-corrected chi connectivity index (χ0v) is 12.8. The predicted octanol–water partition coefficient (Wildman–Crippen LogP) is 3.57. The molecule has 1 aromatic heterocycles. The number of rotatable bonds is 3. The number of ether oxygens (including phenoxy) is 1. The molecule has 1 saturated heterocycles. The summed E-state index contributed by atoms with van der Waals surface area (Å²) < 4.78 is 5.11. The number of benzene rings is 1. The summed E-state index contributed by atoms with van der Waals surface area (Å²) >= 11 is 2.63. The van der Waals surface area contributed by atoms with Gasteiger partial charge < -0.3 is 4.74 Å². The van der Waals surface area contributed by atoms with Crippen molar-refractivity contribution in [3.05, 3.63) is 51.3 Å². The molecule has 0 aliphatic carbocycles. The normalized spacial score (nSPS) is 20.2. The van der Waals surface area contributed by atoms with E-state index in [1.807, 2.05) is 35.7 Å². The molecule has 106 valence electrons. The first kappa shape index (κ1) is 14.0. The molecule has 1 aromatic carbocycles. The van der Waals surface area contributed by atoms with Gasteiger partial charge >= 0.3 is 0 Å². The van der Waals surface area contributed by atoms with Gasteiger partial charge in [0.2, 0.25) is 0 Å². The number of hydrogen-bond acceptors (Lipinski definition) is 6. The molecule has 6 heteroatoms. The Morgan fingerprint density at radius 3 is 2.71 bits per heavy atom. The molecule has 0 radical (unpaired) electrons. The van der Waals surface area contributed by atoms with Crippen LogP contribution in [-0.2, 0) is 4.79 Å². The van der Waals surface area contributed by atoms with Crippen LogP contribution in [-0.4, -0.2) is 22.9 Å². The summed E-state index contributed by atoms with van der Waals surface area (Å²) in [5, 5.41) is 10.9. The van der Waals surface area contributed by atoms with Gasteiger partial charge in [0.25, 0.3) is 0 Å². The fraction of sp³-hybridized carbons (Fsp3) is 0.133. The molecule has 0 spiro atoms. The summed E-state index contributed by atoms with van der Waals surface area (Å²) in [6.07, 6.45) is 3.48. The topological polar surface area (TPSA) is 63.0 Å². The van der Waals surface area contributed by atoms with Gasteiger partial charge in [0.05, 0.1) is 17.1 Å². The van der Waals surface area contributed by atoms with Crippen LogP contribution in [0.25, 0.3) is 6.08 Å². The van der Waals surface area contributed by atoms with Gasteiger partial charge in [-0.05, 0) is 23.8 Å². The van der Waals surface area contributed by atoms with Gasteiger partial charge in [-0.25, -0.2) is 4.98 Å². The van der Waals surface area contributed by atoms with Gasteiger partial charge in [0.15, 0.2) is 5.78 Å². The van der Waals surface area contributed by atoms with Crippen LogP contribution in [0.4, 0.5) is 0 Å². The second kappa shape index (κ2) is 5.83. The first-order chi connectivity index (χ1) is 10.2. The lowest BCUT2D eigenvalue weighted by Crippen LogP contribution is -2.11. The van der Waals surface area contributed by atoms with E-state index in [1.54, 1.807) is 13.3 Å². The average Bonchev–Trinajstić information content (AvgIpc) is 3.09. The van der Waals surface area contributed by atoms with Crippen molar-refractivity contribution in [2.75, 3.05) is 7.11 Å². The summed E-state index contributed by atoms with van der Waals surface area (Å²) in [6, 6.07) is 7.47. The number of thiazole rings is 1. The Morgan fingerprint density at radius 2 is 2.10 bits per heavy atom. The third kappa shape index (κ3) is 2.77. The Morgan fingerprint density at radius 1 is 1.33 bits per heavy atom. The molecule has 21 heavy (non-hydrogen) atoms. The van der Waals surface area contributed by atoms with Gasteiger partial charge in [-0.15, -0.1) is 11.3 Å². The smallest absolute Gasteiger partial charge is 0.186 e. The molecule has 2 heterocycles. The van der Waals surface area contributed by atoms with Crippen LogP contribution in [0.1, 0.15) is 16.5 Å². The van der Waals surface area contributed by atoms with E-state index in [4.69, 9.17) is 10.1 Å². The lowest BCUT2D eigenvalue weighted by atomic mass is 10.1. The zero-order chi connectivity index (χ0) is 14.8. The molecular weight excluding hydrogens is 304 g/mol. The highest BCUT2D eigenvalue weighted by molar-refractivity contribution is 8.19. The minimum atomic E-state index is -0.528. The summed E-state index contributed by atoms with van der Waals surface area (Å²) in [5.74, 6) is 0.200. The van der Waals surface area contributed by atoms with Crippen molar-refractivity contribution in [3.8, 4) is 5.75 Å². The maximum absolute atomic E-state index is 12.5. The summed E-state index contributed by atoms with van der Waals surface area (Å²) in [7, 11) is 1.61. The predicted molar refractivity (Wildman–Crippen MR) is 86.2 cm³/mol. The van der Waals surface area contributed by atoms with E-state index >= 15 is 0 Å². The Bertz CT molecular complexity index is 706. The molecule has 2 aromatic rings. The molecule has 1 N–H and O–H groups in total. The number of aromatic nitrogens is 1. The SMILES string of the molecule is COc1ccc(/C=C2\SC(=N)[C@H](c3nccs3)C2=O)cc1. The van der Waals surface area contributed by atoms with Crippen LogP contribution in [0.3, 0.4) is 0 Å². The van der Waals surface area contributed by atoms with E-state index in [-0.39, 0.29) is 5.78 Å². The summed E-state index contributed by atoms with van der Waals surface area (Å²) in [5.41, 5.74) is 0.916. The molecule has 1 aliphatic rings. The molecule has 0 bridgehead atoms. The first-order valence-electron chi connectivity index (χ1n) is 6.24. The van der Waals surface area contributed by atoms with Crippen LogP contribution in [0.15, 0.2) is 40.7 Å². The zero-order valence-electron chi connectivity index (χ0n) is 11.2. The van der Waals surface area contributed by atoms with Gasteiger partial charge in [-0.2, -0.15) is 0 Å². The van der Waals surface area contributed by atoms with E-state index in [9.17, 15) is 4.79 Å². The average molecular weight is 316 g/mol. The highest BCUT2D eigenvalue weighted by Gasteiger charge is 2.38. The van der Waals surface area contributed by atoms with Gasteiger partial charge in [-0.1, -0.05) is 23.9 Å². The van der Waals surface area contributed by atoms with E-state index in [0.717, 1.165) is 11.3 Å². The highest BCUT2D eigenvalue weighted by Crippen LogP contribution is 2.41. The second-order valence-electron chi connectivity index (χ2n) is 4.42. The first-order valence-corrected chi connectivity index (χ1v) is 7.94. The molecule has 1 aliphatic heterocycles. The maximum atomic E-state index is 12.5. The van der Waals surface area contributed by atoms with E-state index < -0.39 is 5.92 Å². The molecular formula is C15H12N2O2S2. The number of nitrogens with one attached hydrogen (secondary N) is 1. The minimum Gasteiger partial charge on any atom is -0.497 e. The lowest BCUT2D eigenvalue weighted by Gasteiger charge is -2.01. The van der Waals surface area contributed by atoms with E-state index in [0.29, 0.717) is 15.0 Å². The maximum Gasteiger partial charge on any atom is 0.186 e.